The molecule has 18 heavy (non-hydrogen) atoms. The fraction of sp³-hybridized carbons (Fsp3) is 0.364. The van der Waals surface area contributed by atoms with E-state index >= 15 is 0 Å². The highest BCUT2D eigenvalue weighted by Gasteiger charge is 2.29. The van der Waals surface area contributed by atoms with E-state index in [1.54, 1.807) is 6.07 Å². The molecule has 0 radical (unpaired) electrons. The van der Waals surface area contributed by atoms with Gasteiger partial charge in [-0.05, 0) is 31.0 Å². The van der Waals surface area contributed by atoms with E-state index in [-0.39, 0.29) is 16.8 Å². The number of benzene rings is 1. The van der Waals surface area contributed by atoms with Crippen molar-refractivity contribution < 1.29 is 13.2 Å². The van der Waals surface area contributed by atoms with Crippen LogP contribution in [0.2, 0.25) is 5.02 Å². The Morgan fingerprint density at radius 3 is 2.56 bits per heavy atom. The van der Waals surface area contributed by atoms with E-state index in [1.165, 1.54) is 12.1 Å². The highest BCUT2D eigenvalue weighted by Crippen LogP contribution is 2.31. The summed E-state index contributed by atoms with van der Waals surface area (Å²) in [7, 11) is -3.36. The Labute approximate surface area is 111 Å². The highest BCUT2D eigenvalue weighted by atomic mass is 35.5. The smallest absolute Gasteiger partial charge is 0.229 e. The summed E-state index contributed by atoms with van der Waals surface area (Å²) in [5.74, 6) is 0.0903. The van der Waals surface area contributed by atoms with Gasteiger partial charge >= 0.3 is 0 Å². The molecule has 2 N–H and O–H groups in total. The Hall–Kier alpha value is -1.27. The average molecular weight is 289 g/mol. The van der Waals surface area contributed by atoms with Gasteiger partial charge in [-0.2, -0.15) is 0 Å². The number of anilines is 2. The third-order valence-electron chi connectivity index (χ3n) is 2.48. The average Bonchev–Trinajstić information content (AvgIpc) is 3.03. The largest absolute Gasteiger partial charge is 0.326 e. The lowest BCUT2D eigenvalue weighted by Gasteiger charge is -2.09. The van der Waals surface area contributed by atoms with Gasteiger partial charge in [-0.15, -0.1) is 0 Å². The molecule has 1 aromatic carbocycles. The second-order valence-electron chi connectivity index (χ2n) is 4.33. The van der Waals surface area contributed by atoms with Crippen LogP contribution in [-0.2, 0) is 14.8 Å². The molecule has 0 atom stereocenters. The van der Waals surface area contributed by atoms with Crippen LogP contribution in [0, 0.1) is 5.92 Å². The van der Waals surface area contributed by atoms with Crippen molar-refractivity contribution in [3.63, 3.8) is 0 Å². The molecule has 1 aliphatic carbocycles. The lowest BCUT2D eigenvalue weighted by Crippen LogP contribution is -2.14. The molecule has 1 aliphatic rings. The number of amides is 1. The van der Waals surface area contributed by atoms with Gasteiger partial charge < -0.3 is 5.32 Å². The number of rotatable bonds is 4. The van der Waals surface area contributed by atoms with Crippen molar-refractivity contribution in [3.8, 4) is 0 Å². The van der Waals surface area contributed by atoms with Crippen LogP contribution in [0.25, 0.3) is 0 Å². The van der Waals surface area contributed by atoms with E-state index in [2.05, 4.69) is 10.0 Å². The molecular formula is C11H13ClN2O3S. The molecular weight excluding hydrogens is 276 g/mol. The molecule has 5 nitrogen and oxygen atoms in total. The van der Waals surface area contributed by atoms with Gasteiger partial charge in [-0.25, -0.2) is 8.42 Å². The predicted molar refractivity (Wildman–Crippen MR) is 71.3 cm³/mol. The van der Waals surface area contributed by atoms with Crippen LogP contribution in [0.4, 0.5) is 11.4 Å². The van der Waals surface area contributed by atoms with E-state index in [0.29, 0.717) is 11.4 Å². The van der Waals surface area contributed by atoms with Gasteiger partial charge in [0.15, 0.2) is 0 Å². The SMILES string of the molecule is CS(=O)(=O)Nc1ccc(NC(=O)C2CC2)cc1Cl. The van der Waals surface area contributed by atoms with Crippen molar-refractivity contribution in [2.45, 2.75) is 12.8 Å². The van der Waals surface area contributed by atoms with Gasteiger partial charge in [-0.3, -0.25) is 9.52 Å². The Bertz CT molecular complexity index is 582. The van der Waals surface area contributed by atoms with E-state index in [9.17, 15) is 13.2 Å². The van der Waals surface area contributed by atoms with Crippen LogP contribution in [0.1, 0.15) is 12.8 Å². The summed E-state index contributed by atoms with van der Waals surface area (Å²) in [6.07, 6.45) is 2.90. The maximum absolute atomic E-state index is 11.5. The number of halogens is 1. The van der Waals surface area contributed by atoms with Gasteiger partial charge in [0.05, 0.1) is 17.0 Å². The zero-order valence-electron chi connectivity index (χ0n) is 9.73. The fourth-order valence-corrected chi connectivity index (χ4v) is 2.33. The molecule has 1 aromatic rings. The van der Waals surface area contributed by atoms with Crippen molar-refractivity contribution in [1.29, 1.82) is 0 Å². The standard InChI is InChI=1S/C11H13ClN2O3S/c1-18(16,17)14-10-5-4-8(6-9(10)12)13-11(15)7-2-3-7/h4-7,14H,2-3H2,1H3,(H,13,15). The first-order valence-corrected chi connectivity index (χ1v) is 7.70. The minimum atomic E-state index is -3.36. The summed E-state index contributed by atoms with van der Waals surface area (Å²) >= 11 is 5.94. The Morgan fingerprint density at radius 2 is 2.06 bits per heavy atom. The summed E-state index contributed by atoms with van der Waals surface area (Å²) in [4.78, 5) is 11.5. The van der Waals surface area contributed by atoms with Crippen molar-refractivity contribution in [3.05, 3.63) is 23.2 Å². The van der Waals surface area contributed by atoms with Crippen LogP contribution < -0.4 is 10.0 Å². The first-order chi connectivity index (χ1) is 8.35. The quantitative estimate of drug-likeness (QED) is 0.890. The van der Waals surface area contributed by atoms with Gasteiger partial charge in [0, 0.05) is 11.6 Å². The third-order valence-corrected chi connectivity index (χ3v) is 3.38. The van der Waals surface area contributed by atoms with E-state index in [1.807, 2.05) is 0 Å². The number of carbonyl (C=O) groups is 1. The van der Waals surface area contributed by atoms with Crippen LogP contribution in [-0.4, -0.2) is 20.6 Å². The zero-order chi connectivity index (χ0) is 13.3. The highest BCUT2D eigenvalue weighted by molar-refractivity contribution is 7.92. The van der Waals surface area contributed by atoms with Crippen LogP contribution in [0.5, 0.6) is 0 Å². The van der Waals surface area contributed by atoms with E-state index in [0.717, 1.165) is 19.1 Å². The van der Waals surface area contributed by atoms with Gasteiger partial charge in [0.25, 0.3) is 0 Å². The van der Waals surface area contributed by atoms with Crippen LogP contribution in [0.3, 0.4) is 0 Å². The minimum absolute atomic E-state index is 0.0186. The summed E-state index contributed by atoms with van der Waals surface area (Å²) in [5.41, 5.74) is 0.861. The first-order valence-electron chi connectivity index (χ1n) is 5.43. The molecule has 0 heterocycles. The Kier molecular flexibility index (Phi) is 3.49. The molecule has 0 spiro atoms. The Morgan fingerprint density at radius 1 is 1.39 bits per heavy atom. The summed E-state index contributed by atoms with van der Waals surface area (Å²) in [6, 6.07) is 4.65. The monoisotopic (exact) mass is 288 g/mol. The molecule has 0 bridgehead atoms. The lowest BCUT2D eigenvalue weighted by molar-refractivity contribution is -0.117. The second kappa shape index (κ2) is 4.78. The number of sulfonamides is 1. The van der Waals surface area contributed by atoms with Crippen molar-refractivity contribution >= 4 is 38.9 Å². The molecule has 1 amide bonds. The van der Waals surface area contributed by atoms with Gasteiger partial charge in [0.1, 0.15) is 0 Å². The molecule has 7 heteroatoms. The van der Waals surface area contributed by atoms with Gasteiger partial charge in [0.2, 0.25) is 15.9 Å². The molecule has 1 saturated carbocycles. The third kappa shape index (κ3) is 3.61. The normalized spacial score (nSPS) is 15.2. The number of carbonyl (C=O) groups excluding carboxylic acids is 1. The van der Waals surface area contributed by atoms with Crippen LogP contribution in [0.15, 0.2) is 18.2 Å². The number of hydrogen-bond donors (Lipinski definition) is 2. The molecule has 2 rings (SSSR count). The van der Waals surface area contributed by atoms with Crippen molar-refractivity contribution in [1.82, 2.24) is 0 Å². The lowest BCUT2D eigenvalue weighted by atomic mass is 10.2. The maximum atomic E-state index is 11.5. The predicted octanol–water partition coefficient (Wildman–Crippen LogP) is 2.06. The molecule has 0 unspecified atom stereocenters. The summed E-state index contributed by atoms with van der Waals surface area (Å²) in [5, 5.41) is 2.98. The zero-order valence-corrected chi connectivity index (χ0v) is 11.3. The summed E-state index contributed by atoms with van der Waals surface area (Å²) in [6.45, 7) is 0. The van der Waals surface area contributed by atoms with Crippen LogP contribution >= 0.6 is 11.6 Å². The minimum Gasteiger partial charge on any atom is -0.326 e. The fourth-order valence-electron chi connectivity index (χ4n) is 1.47. The molecule has 0 saturated heterocycles. The first kappa shape index (κ1) is 13.2. The number of hydrogen-bond acceptors (Lipinski definition) is 3. The molecule has 0 aromatic heterocycles. The molecule has 98 valence electrons. The molecule has 0 aliphatic heterocycles. The molecule has 1 fully saturated rings. The van der Waals surface area contributed by atoms with Crippen molar-refractivity contribution in [2.75, 3.05) is 16.3 Å². The second-order valence-corrected chi connectivity index (χ2v) is 6.49. The maximum Gasteiger partial charge on any atom is 0.229 e. The summed E-state index contributed by atoms with van der Waals surface area (Å²) < 4.78 is 24.4. The van der Waals surface area contributed by atoms with Gasteiger partial charge in [-0.1, -0.05) is 11.6 Å². The Balaban J connectivity index is 2.11. The van der Waals surface area contributed by atoms with E-state index in [4.69, 9.17) is 11.6 Å². The van der Waals surface area contributed by atoms with Crippen molar-refractivity contribution in [2.24, 2.45) is 5.92 Å². The number of nitrogens with one attached hydrogen (secondary N) is 2. The van der Waals surface area contributed by atoms with E-state index < -0.39 is 10.0 Å². The topological polar surface area (TPSA) is 75.3 Å².